The molecule has 10 heteroatoms. The first-order valence-electron chi connectivity index (χ1n) is 8.82. The monoisotopic (exact) mass is 422 g/mol. The van der Waals surface area contributed by atoms with E-state index in [0.717, 1.165) is 25.9 Å². The van der Waals surface area contributed by atoms with Gasteiger partial charge in [0.1, 0.15) is 10.8 Å². The van der Waals surface area contributed by atoms with Crippen LogP contribution in [-0.4, -0.2) is 39.0 Å². The maximum Gasteiger partial charge on any atom is 0.277 e. The van der Waals surface area contributed by atoms with E-state index >= 15 is 0 Å². The third-order valence-electron chi connectivity index (χ3n) is 4.47. The number of anilines is 1. The number of hydrogen-bond acceptors (Lipinski definition) is 6. The van der Waals surface area contributed by atoms with Gasteiger partial charge in [-0.25, -0.2) is 4.39 Å². The topological polar surface area (TPSA) is 84.7 Å². The molecular formula is C18H20ClFN6OS. The Kier molecular flexibility index (Phi) is 6.71. The van der Waals surface area contributed by atoms with Crippen molar-refractivity contribution in [2.75, 3.05) is 18.4 Å². The fraction of sp³-hybridized carbons (Fsp3) is 0.333. The van der Waals surface area contributed by atoms with E-state index < -0.39 is 0 Å². The summed E-state index contributed by atoms with van der Waals surface area (Å²) in [6.07, 6.45) is 4.31. The molecule has 1 aliphatic heterocycles. The lowest BCUT2D eigenvalue weighted by Gasteiger charge is -2.22. The molecule has 3 heterocycles. The van der Waals surface area contributed by atoms with Gasteiger partial charge >= 0.3 is 0 Å². The summed E-state index contributed by atoms with van der Waals surface area (Å²) < 4.78 is 15.6. The molecule has 1 saturated heterocycles. The van der Waals surface area contributed by atoms with Crippen LogP contribution in [0, 0.1) is 5.82 Å². The maximum absolute atomic E-state index is 13.7. The summed E-state index contributed by atoms with van der Waals surface area (Å²) in [5.41, 5.74) is 0.887. The van der Waals surface area contributed by atoms with Crippen LogP contribution in [0.3, 0.4) is 0 Å². The Morgan fingerprint density at radius 3 is 2.96 bits per heavy atom. The second-order valence-corrected chi connectivity index (χ2v) is 7.47. The number of aromatic nitrogens is 4. The molecule has 0 spiro atoms. The second-order valence-electron chi connectivity index (χ2n) is 6.40. The Bertz CT molecular complexity index is 940. The molecule has 0 radical (unpaired) electrons. The highest BCUT2D eigenvalue weighted by atomic mass is 35.5. The molecule has 1 aliphatic rings. The Balaban J connectivity index is 0.00000225. The van der Waals surface area contributed by atoms with Gasteiger partial charge in [0.2, 0.25) is 5.13 Å². The van der Waals surface area contributed by atoms with Crippen LogP contribution in [0.1, 0.15) is 39.9 Å². The SMILES string of the molecule is Cl.O=C(Nc1nnc(Cc2ccccc2F)s1)c1ccn(C2CCCNC2)n1. The quantitative estimate of drug-likeness (QED) is 0.660. The third kappa shape index (κ3) is 4.73. The smallest absolute Gasteiger partial charge is 0.277 e. The van der Waals surface area contributed by atoms with E-state index in [0.29, 0.717) is 27.8 Å². The van der Waals surface area contributed by atoms with Crippen LogP contribution in [0.25, 0.3) is 0 Å². The van der Waals surface area contributed by atoms with Gasteiger partial charge in [-0.2, -0.15) is 5.10 Å². The van der Waals surface area contributed by atoms with Gasteiger partial charge in [0, 0.05) is 19.2 Å². The van der Waals surface area contributed by atoms with Crippen LogP contribution < -0.4 is 10.6 Å². The third-order valence-corrected chi connectivity index (χ3v) is 5.31. The number of nitrogens with one attached hydrogen (secondary N) is 2. The highest BCUT2D eigenvalue weighted by Crippen LogP contribution is 2.21. The predicted octanol–water partition coefficient (Wildman–Crippen LogP) is 3.06. The molecule has 7 nitrogen and oxygen atoms in total. The molecular weight excluding hydrogens is 403 g/mol. The Labute approximate surface area is 171 Å². The molecule has 1 aromatic carbocycles. The molecule has 0 saturated carbocycles. The van der Waals surface area contributed by atoms with Crippen LogP contribution >= 0.6 is 23.7 Å². The largest absolute Gasteiger partial charge is 0.315 e. The predicted molar refractivity (Wildman–Crippen MR) is 108 cm³/mol. The van der Waals surface area contributed by atoms with Crippen molar-refractivity contribution in [3.8, 4) is 0 Å². The lowest BCUT2D eigenvalue weighted by molar-refractivity contribution is 0.102. The van der Waals surface area contributed by atoms with Gasteiger partial charge in [-0.05, 0) is 37.1 Å². The molecule has 2 N–H and O–H groups in total. The van der Waals surface area contributed by atoms with Crippen molar-refractivity contribution in [1.82, 2.24) is 25.3 Å². The number of nitrogens with zero attached hydrogens (tertiary/aromatic N) is 4. The van der Waals surface area contributed by atoms with E-state index in [1.807, 2.05) is 10.9 Å². The van der Waals surface area contributed by atoms with Gasteiger partial charge < -0.3 is 5.32 Å². The molecule has 1 amide bonds. The molecule has 3 aromatic rings. The molecule has 1 unspecified atom stereocenters. The molecule has 148 valence electrons. The number of piperidine rings is 1. The number of carbonyl (C=O) groups excluding carboxylic acids is 1. The van der Waals surface area contributed by atoms with E-state index in [1.54, 1.807) is 24.3 Å². The highest BCUT2D eigenvalue weighted by molar-refractivity contribution is 7.15. The zero-order valence-corrected chi connectivity index (χ0v) is 16.6. The molecule has 1 fully saturated rings. The minimum atomic E-state index is -0.328. The number of halogens is 2. The van der Waals surface area contributed by atoms with Gasteiger partial charge in [-0.1, -0.05) is 29.5 Å². The average molecular weight is 423 g/mol. The van der Waals surface area contributed by atoms with Crippen molar-refractivity contribution in [2.24, 2.45) is 0 Å². The summed E-state index contributed by atoms with van der Waals surface area (Å²) in [7, 11) is 0. The number of carbonyl (C=O) groups is 1. The summed E-state index contributed by atoms with van der Waals surface area (Å²) in [6.45, 7) is 1.88. The van der Waals surface area contributed by atoms with Crippen molar-refractivity contribution in [3.05, 3.63) is 58.6 Å². The summed E-state index contributed by atoms with van der Waals surface area (Å²) in [5, 5.41) is 19.5. The van der Waals surface area contributed by atoms with Gasteiger partial charge in [-0.15, -0.1) is 22.6 Å². The van der Waals surface area contributed by atoms with Crippen molar-refractivity contribution in [1.29, 1.82) is 0 Å². The number of hydrogen-bond donors (Lipinski definition) is 2. The molecule has 2 aromatic heterocycles. The van der Waals surface area contributed by atoms with Gasteiger partial charge in [0.05, 0.1) is 6.04 Å². The zero-order valence-electron chi connectivity index (χ0n) is 15.0. The minimum absolute atomic E-state index is 0. The van der Waals surface area contributed by atoms with Crippen LogP contribution in [0.15, 0.2) is 36.5 Å². The van der Waals surface area contributed by atoms with E-state index in [2.05, 4.69) is 25.9 Å². The fourth-order valence-corrected chi connectivity index (χ4v) is 3.82. The van der Waals surface area contributed by atoms with Crippen molar-refractivity contribution in [3.63, 3.8) is 0 Å². The van der Waals surface area contributed by atoms with Gasteiger partial charge in [-0.3, -0.25) is 14.8 Å². The number of benzene rings is 1. The summed E-state index contributed by atoms with van der Waals surface area (Å²) in [6, 6.07) is 8.52. The normalized spacial score (nSPS) is 16.4. The Hall–Kier alpha value is -2.36. The molecule has 0 bridgehead atoms. The van der Waals surface area contributed by atoms with Crippen molar-refractivity contribution in [2.45, 2.75) is 25.3 Å². The fourth-order valence-electron chi connectivity index (χ4n) is 3.06. The van der Waals surface area contributed by atoms with Crippen LogP contribution in [0.5, 0.6) is 0 Å². The first-order chi connectivity index (χ1) is 13.2. The second kappa shape index (κ2) is 9.22. The van der Waals surface area contributed by atoms with Gasteiger partial charge in [0.15, 0.2) is 5.69 Å². The zero-order chi connectivity index (χ0) is 18.6. The van der Waals surface area contributed by atoms with Crippen molar-refractivity contribution < 1.29 is 9.18 Å². The van der Waals surface area contributed by atoms with Crippen LogP contribution in [-0.2, 0) is 6.42 Å². The summed E-state index contributed by atoms with van der Waals surface area (Å²) >= 11 is 1.23. The maximum atomic E-state index is 13.7. The first-order valence-corrected chi connectivity index (χ1v) is 9.64. The van der Waals surface area contributed by atoms with Crippen LogP contribution in [0.2, 0.25) is 0 Å². The summed E-state index contributed by atoms with van der Waals surface area (Å²) in [5.74, 6) is -0.605. The van der Waals surface area contributed by atoms with Crippen LogP contribution in [0.4, 0.5) is 9.52 Å². The average Bonchev–Trinajstić information content (AvgIpc) is 3.34. The Morgan fingerprint density at radius 2 is 2.18 bits per heavy atom. The number of rotatable bonds is 5. The molecule has 4 rings (SSSR count). The first kappa shape index (κ1) is 20.4. The lowest BCUT2D eigenvalue weighted by atomic mass is 10.1. The van der Waals surface area contributed by atoms with E-state index in [1.165, 1.54) is 17.4 Å². The molecule has 1 atom stereocenters. The lowest BCUT2D eigenvalue weighted by Crippen LogP contribution is -2.32. The number of amides is 1. The van der Waals surface area contributed by atoms with Gasteiger partial charge in [0.25, 0.3) is 5.91 Å². The van der Waals surface area contributed by atoms with Crippen molar-refractivity contribution >= 4 is 34.8 Å². The highest BCUT2D eigenvalue weighted by Gasteiger charge is 2.18. The molecule has 0 aliphatic carbocycles. The molecule has 28 heavy (non-hydrogen) atoms. The van der Waals surface area contributed by atoms with E-state index in [4.69, 9.17) is 0 Å². The summed E-state index contributed by atoms with van der Waals surface area (Å²) in [4.78, 5) is 12.4. The van der Waals surface area contributed by atoms with E-state index in [-0.39, 0.29) is 30.2 Å². The van der Waals surface area contributed by atoms with E-state index in [9.17, 15) is 9.18 Å². The minimum Gasteiger partial charge on any atom is -0.315 e. The standard InChI is InChI=1S/C18H19FN6OS.ClH/c19-14-6-2-1-4-12(14)10-16-22-23-18(27-16)21-17(26)15-7-9-25(24-15)13-5-3-8-20-11-13;/h1-2,4,6-7,9,13,20H,3,5,8,10-11H2,(H,21,23,26);1H. The Morgan fingerprint density at radius 1 is 1.32 bits per heavy atom.